The molecule has 0 amide bonds. The van der Waals surface area contributed by atoms with E-state index in [4.69, 9.17) is 21.1 Å². The monoisotopic (exact) mass is 431 g/mol. The molecule has 0 atom stereocenters. The number of sulfonamides is 1. The molecule has 0 bridgehead atoms. The minimum atomic E-state index is -3.85. The van der Waals surface area contributed by atoms with E-state index >= 15 is 0 Å². The highest BCUT2D eigenvalue weighted by Crippen LogP contribution is 2.34. The van der Waals surface area contributed by atoms with Gasteiger partial charge in [0.1, 0.15) is 0 Å². The number of anilines is 1. The van der Waals surface area contributed by atoms with Crippen molar-refractivity contribution in [3.63, 3.8) is 0 Å². The van der Waals surface area contributed by atoms with Crippen LogP contribution in [0, 0.1) is 6.92 Å². The highest BCUT2D eigenvalue weighted by atomic mass is 35.5. The first kappa shape index (κ1) is 21.0. The quantitative estimate of drug-likeness (QED) is 0.524. The van der Waals surface area contributed by atoms with Gasteiger partial charge in [-0.25, -0.2) is 8.42 Å². The number of hydrogen-bond acceptors (Lipinski definition) is 4. The van der Waals surface area contributed by atoms with Gasteiger partial charge in [0, 0.05) is 11.1 Å². The van der Waals surface area contributed by atoms with E-state index in [2.05, 4.69) is 0 Å². The molecule has 0 aliphatic rings. The molecule has 0 heterocycles. The molecule has 0 aliphatic carbocycles. The van der Waals surface area contributed by atoms with E-state index in [1.54, 1.807) is 30.3 Å². The van der Waals surface area contributed by atoms with Gasteiger partial charge in [0.05, 0.1) is 31.3 Å². The Hall–Kier alpha value is -2.70. The number of hydrogen-bond donors (Lipinski definition) is 0. The highest BCUT2D eigenvalue weighted by Gasteiger charge is 2.26. The summed E-state index contributed by atoms with van der Waals surface area (Å²) in [7, 11) is -0.800. The van der Waals surface area contributed by atoms with Crippen molar-refractivity contribution >= 4 is 27.3 Å². The van der Waals surface area contributed by atoms with Crippen LogP contribution in [0.2, 0.25) is 5.02 Å². The number of halogens is 1. The molecule has 3 rings (SSSR count). The van der Waals surface area contributed by atoms with E-state index in [-0.39, 0.29) is 11.4 Å². The minimum Gasteiger partial charge on any atom is -0.493 e. The van der Waals surface area contributed by atoms with Gasteiger partial charge in [0.2, 0.25) is 0 Å². The summed E-state index contributed by atoms with van der Waals surface area (Å²) < 4.78 is 39.0. The number of methoxy groups -OCH3 is 2. The highest BCUT2D eigenvalue weighted by molar-refractivity contribution is 7.92. The first-order valence-electron chi connectivity index (χ1n) is 8.91. The summed E-state index contributed by atoms with van der Waals surface area (Å²) in [5.74, 6) is 0.973. The fraction of sp³-hybridized carbons (Fsp3) is 0.182. The Bertz CT molecular complexity index is 1100. The molecular formula is C22H22ClNO4S. The first-order valence-corrected chi connectivity index (χ1v) is 10.7. The molecule has 29 heavy (non-hydrogen) atoms. The minimum absolute atomic E-state index is 0.157. The molecule has 3 aromatic carbocycles. The second kappa shape index (κ2) is 8.76. The van der Waals surface area contributed by atoms with Gasteiger partial charge in [0.15, 0.2) is 11.5 Å². The average Bonchev–Trinajstić information content (AvgIpc) is 2.71. The molecular weight excluding hydrogens is 410 g/mol. The third-order valence-corrected chi connectivity index (χ3v) is 6.51. The zero-order valence-electron chi connectivity index (χ0n) is 16.4. The fourth-order valence-electron chi connectivity index (χ4n) is 3.01. The van der Waals surface area contributed by atoms with E-state index in [1.807, 2.05) is 31.2 Å². The summed E-state index contributed by atoms with van der Waals surface area (Å²) in [6, 6.07) is 18.9. The van der Waals surface area contributed by atoms with Crippen molar-refractivity contribution in [2.45, 2.75) is 18.4 Å². The van der Waals surface area contributed by atoms with Crippen molar-refractivity contribution in [2.75, 3.05) is 18.5 Å². The van der Waals surface area contributed by atoms with Crippen molar-refractivity contribution in [3.8, 4) is 11.5 Å². The van der Waals surface area contributed by atoms with Crippen LogP contribution in [0.15, 0.2) is 71.6 Å². The Labute approximate surface area is 176 Å². The van der Waals surface area contributed by atoms with Gasteiger partial charge in [-0.15, -0.1) is 0 Å². The largest absolute Gasteiger partial charge is 0.493 e. The first-order chi connectivity index (χ1) is 13.8. The number of aryl methyl sites for hydroxylation is 1. The summed E-state index contributed by atoms with van der Waals surface area (Å²) in [6.07, 6.45) is 0. The molecule has 0 spiro atoms. The molecule has 0 radical (unpaired) electrons. The predicted octanol–water partition coefficient (Wildman–Crippen LogP) is 5.06. The molecule has 0 fully saturated rings. The maximum Gasteiger partial charge on any atom is 0.264 e. The molecule has 0 saturated carbocycles. The molecule has 0 aliphatic heterocycles. The van der Waals surface area contributed by atoms with E-state index in [1.165, 1.54) is 30.7 Å². The predicted molar refractivity (Wildman–Crippen MR) is 116 cm³/mol. The maximum atomic E-state index is 13.5. The average molecular weight is 432 g/mol. The third-order valence-electron chi connectivity index (χ3n) is 4.47. The van der Waals surface area contributed by atoms with Gasteiger partial charge in [0.25, 0.3) is 10.0 Å². The van der Waals surface area contributed by atoms with Crippen LogP contribution in [0.4, 0.5) is 5.69 Å². The van der Waals surface area contributed by atoms with Crippen molar-refractivity contribution < 1.29 is 17.9 Å². The number of ether oxygens (including phenoxy) is 2. The van der Waals surface area contributed by atoms with Crippen LogP contribution in [0.5, 0.6) is 11.5 Å². The molecule has 152 valence electrons. The SMILES string of the molecule is COc1ccc(N(Cc2cccc(C)c2)S(=O)(=O)c2ccc(Cl)cc2)cc1OC. The van der Waals surface area contributed by atoms with E-state index < -0.39 is 10.0 Å². The lowest BCUT2D eigenvalue weighted by Gasteiger charge is -2.25. The molecule has 0 aromatic heterocycles. The van der Waals surface area contributed by atoms with Gasteiger partial charge < -0.3 is 9.47 Å². The van der Waals surface area contributed by atoms with Gasteiger partial charge in [-0.3, -0.25) is 4.31 Å². The van der Waals surface area contributed by atoms with E-state index in [0.29, 0.717) is 22.2 Å². The lowest BCUT2D eigenvalue weighted by molar-refractivity contribution is 0.355. The molecule has 0 saturated heterocycles. The van der Waals surface area contributed by atoms with E-state index in [0.717, 1.165) is 11.1 Å². The summed E-state index contributed by atoms with van der Waals surface area (Å²) in [5, 5.41) is 0.473. The number of rotatable bonds is 7. The Balaban J connectivity index is 2.12. The Kier molecular flexibility index (Phi) is 6.35. The fourth-order valence-corrected chi connectivity index (χ4v) is 4.58. The molecule has 3 aromatic rings. The standard InChI is InChI=1S/C22H22ClNO4S/c1-16-5-4-6-17(13-16)15-24(19-9-12-21(27-2)22(14-19)28-3)29(25,26)20-10-7-18(23)8-11-20/h4-14H,15H2,1-3H3. The molecule has 0 unspecified atom stereocenters. The van der Waals surface area contributed by atoms with Gasteiger partial charge >= 0.3 is 0 Å². The van der Waals surface area contributed by atoms with Crippen LogP contribution < -0.4 is 13.8 Å². The zero-order valence-corrected chi connectivity index (χ0v) is 18.0. The maximum absolute atomic E-state index is 13.5. The van der Waals surface area contributed by atoms with Crippen LogP contribution >= 0.6 is 11.6 Å². The smallest absolute Gasteiger partial charge is 0.264 e. The van der Waals surface area contributed by atoms with Crippen molar-refractivity contribution in [1.82, 2.24) is 0 Å². The normalized spacial score (nSPS) is 11.2. The Morgan fingerprint density at radius 2 is 1.59 bits per heavy atom. The Morgan fingerprint density at radius 3 is 2.21 bits per heavy atom. The van der Waals surface area contributed by atoms with Crippen LogP contribution in [-0.2, 0) is 16.6 Å². The Morgan fingerprint density at radius 1 is 0.897 bits per heavy atom. The number of nitrogens with zero attached hydrogens (tertiary/aromatic N) is 1. The van der Waals surface area contributed by atoms with Crippen molar-refractivity contribution in [1.29, 1.82) is 0 Å². The van der Waals surface area contributed by atoms with Crippen molar-refractivity contribution in [3.05, 3.63) is 82.9 Å². The number of benzene rings is 3. The topological polar surface area (TPSA) is 55.8 Å². The summed E-state index contributed by atoms with van der Waals surface area (Å²) >= 11 is 5.94. The van der Waals surface area contributed by atoms with Crippen LogP contribution in [0.25, 0.3) is 0 Å². The third kappa shape index (κ3) is 4.66. The lowest BCUT2D eigenvalue weighted by Crippen LogP contribution is -2.30. The summed E-state index contributed by atoms with van der Waals surface area (Å²) in [5.41, 5.74) is 2.40. The van der Waals surface area contributed by atoms with Crippen LogP contribution in [-0.4, -0.2) is 22.6 Å². The van der Waals surface area contributed by atoms with Crippen LogP contribution in [0.1, 0.15) is 11.1 Å². The summed E-state index contributed by atoms with van der Waals surface area (Å²) in [6.45, 7) is 2.14. The lowest BCUT2D eigenvalue weighted by atomic mass is 10.1. The van der Waals surface area contributed by atoms with Gasteiger partial charge in [-0.2, -0.15) is 0 Å². The zero-order chi connectivity index (χ0) is 21.0. The van der Waals surface area contributed by atoms with Crippen molar-refractivity contribution in [2.24, 2.45) is 0 Å². The van der Waals surface area contributed by atoms with Gasteiger partial charge in [-0.1, -0.05) is 41.4 Å². The molecule has 7 heteroatoms. The second-order valence-corrected chi connectivity index (χ2v) is 8.79. The van der Waals surface area contributed by atoms with Crippen LogP contribution in [0.3, 0.4) is 0 Å². The second-order valence-electron chi connectivity index (χ2n) is 6.49. The summed E-state index contributed by atoms with van der Waals surface area (Å²) in [4.78, 5) is 0.157. The molecule has 5 nitrogen and oxygen atoms in total. The van der Waals surface area contributed by atoms with Gasteiger partial charge in [-0.05, 0) is 48.9 Å². The molecule has 0 N–H and O–H groups in total. The van der Waals surface area contributed by atoms with E-state index in [9.17, 15) is 8.42 Å².